The van der Waals surface area contributed by atoms with Crippen LogP contribution in [0.1, 0.15) is 33.3 Å². The van der Waals surface area contributed by atoms with Crippen LogP contribution in [0.25, 0.3) is 0 Å². The summed E-state index contributed by atoms with van der Waals surface area (Å²) in [7, 11) is 0. The number of hydrogen-bond acceptors (Lipinski definition) is 4. The van der Waals surface area contributed by atoms with Gasteiger partial charge in [0.05, 0.1) is 4.92 Å². The Morgan fingerprint density at radius 2 is 1.75 bits per heavy atom. The average Bonchev–Trinajstić information content (AvgIpc) is 2.66. The van der Waals surface area contributed by atoms with Crippen LogP contribution in [0.15, 0.2) is 18.2 Å². The van der Waals surface area contributed by atoms with E-state index >= 15 is 0 Å². The van der Waals surface area contributed by atoms with E-state index in [0.29, 0.717) is 5.56 Å². The Balaban J connectivity index is 2.75. The molecule has 2 rings (SSSR count). The minimum absolute atomic E-state index is 0.145. The number of nitro groups is 1. The summed E-state index contributed by atoms with van der Waals surface area (Å²) in [6.07, 6.45) is 0. The molecule has 0 spiro atoms. The van der Waals surface area contributed by atoms with Gasteiger partial charge in [-0.05, 0) is 16.9 Å². The Labute approximate surface area is 116 Å². The van der Waals surface area contributed by atoms with Crippen LogP contribution in [0.4, 0.5) is 11.4 Å². The zero-order valence-electron chi connectivity index (χ0n) is 11.9. The number of carboxylic acids is 1. The lowest BCUT2D eigenvalue weighted by Gasteiger charge is -2.19. The number of benzene rings is 1. The molecular formula is C14H18N2O4. The molecule has 1 fully saturated rings. The number of carbonyl (C=O) groups is 1. The third kappa shape index (κ3) is 1.31. The summed E-state index contributed by atoms with van der Waals surface area (Å²) in [5.74, 6) is -1.00. The van der Waals surface area contributed by atoms with Crippen molar-refractivity contribution in [1.29, 1.82) is 0 Å². The Hall–Kier alpha value is -2.11. The number of carboxylic acid groups (broad SMARTS) is 1. The quantitative estimate of drug-likeness (QED) is 0.502. The first-order chi connectivity index (χ1) is 9.01. The van der Waals surface area contributed by atoms with Gasteiger partial charge in [-0.2, -0.15) is 0 Å². The fourth-order valence-electron chi connectivity index (χ4n) is 3.62. The Bertz CT molecular complexity index is 606. The van der Waals surface area contributed by atoms with E-state index in [4.69, 9.17) is 5.73 Å². The molecule has 0 amide bonds. The molecule has 108 valence electrons. The van der Waals surface area contributed by atoms with Crippen molar-refractivity contribution >= 4 is 17.3 Å². The number of anilines is 1. The van der Waals surface area contributed by atoms with E-state index in [0.717, 1.165) is 0 Å². The van der Waals surface area contributed by atoms with Crippen molar-refractivity contribution in [2.45, 2.75) is 33.1 Å². The monoisotopic (exact) mass is 278 g/mol. The van der Waals surface area contributed by atoms with Crippen LogP contribution in [-0.4, -0.2) is 16.0 Å². The predicted octanol–water partition coefficient (Wildman–Crippen LogP) is 2.57. The number of hydrogen-bond donors (Lipinski definition) is 2. The molecule has 1 aliphatic carbocycles. The maximum atomic E-state index is 11.9. The molecule has 0 bridgehead atoms. The highest BCUT2D eigenvalue weighted by Gasteiger charge is 2.82. The molecule has 0 atom stereocenters. The second-order valence-electron chi connectivity index (χ2n) is 6.33. The number of nitrogens with zero attached hydrogens (tertiary/aromatic N) is 1. The fraction of sp³-hybridized carbons (Fsp3) is 0.500. The molecule has 1 saturated carbocycles. The van der Waals surface area contributed by atoms with Gasteiger partial charge in [0, 0.05) is 23.4 Å². The summed E-state index contributed by atoms with van der Waals surface area (Å²) in [5.41, 5.74) is 4.06. The molecule has 3 N–H and O–H groups in total. The van der Waals surface area contributed by atoms with Crippen LogP contribution in [0.5, 0.6) is 0 Å². The van der Waals surface area contributed by atoms with Crippen LogP contribution >= 0.6 is 0 Å². The maximum Gasteiger partial charge on any atom is 0.315 e. The maximum absolute atomic E-state index is 11.9. The molecule has 1 aromatic carbocycles. The molecule has 6 nitrogen and oxygen atoms in total. The van der Waals surface area contributed by atoms with Crippen LogP contribution in [-0.2, 0) is 10.2 Å². The highest BCUT2D eigenvalue weighted by Crippen LogP contribution is 2.78. The van der Waals surface area contributed by atoms with Gasteiger partial charge in [0.1, 0.15) is 5.41 Å². The highest BCUT2D eigenvalue weighted by atomic mass is 16.6. The smallest absolute Gasteiger partial charge is 0.315 e. The fourth-order valence-corrected chi connectivity index (χ4v) is 3.62. The molecule has 0 aromatic heterocycles. The number of non-ortho nitro benzene ring substituents is 1. The Morgan fingerprint density at radius 3 is 2.10 bits per heavy atom. The average molecular weight is 278 g/mol. The first-order valence-electron chi connectivity index (χ1n) is 6.29. The van der Waals surface area contributed by atoms with Gasteiger partial charge >= 0.3 is 5.97 Å². The van der Waals surface area contributed by atoms with Crippen molar-refractivity contribution in [3.8, 4) is 0 Å². The van der Waals surface area contributed by atoms with Gasteiger partial charge in [-0.3, -0.25) is 14.9 Å². The minimum atomic E-state index is -1.21. The zero-order chi connectivity index (χ0) is 15.5. The molecule has 20 heavy (non-hydrogen) atoms. The molecule has 0 heterocycles. The largest absolute Gasteiger partial charge is 0.481 e. The van der Waals surface area contributed by atoms with Gasteiger partial charge in [-0.1, -0.05) is 27.7 Å². The van der Waals surface area contributed by atoms with Gasteiger partial charge in [0.15, 0.2) is 0 Å². The normalized spacial score (nSPS) is 21.2. The van der Waals surface area contributed by atoms with Crippen molar-refractivity contribution in [3.05, 3.63) is 33.9 Å². The standard InChI is InChI=1S/C14H18N2O4/c1-12(2)13(3,4)14(12,11(17)18)9-7-8(16(19)20)5-6-10(9)15/h5-7H,15H2,1-4H3,(H,17,18). The molecule has 0 saturated heterocycles. The summed E-state index contributed by atoms with van der Waals surface area (Å²) < 4.78 is 0. The van der Waals surface area contributed by atoms with Gasteiger partial charge in [0.2, 0.25) is 0 Å². The molecule has 6 heteroatoms. The topological polar surface area (TPSA) is 106 Å². The van der Waals surface area contributed by atoms with Crippen LogP contribution < -0.4 is 5.73 Å². The van der Waals surface area contributed by atoms with Gasteiger partial charge in [-0.25, -0.2) is 0 Å². The van der Waals surface area contributed by atoms with Crippen LogP contribution in [0, 0.1) is 20.9 Å². The molecule has 1 aliphatic rings. The van der Waals surface area contributed by atoms with Crippen molar-refractivity contribution in [2.24, 2.45) is 10.8 Å². The Morgan fingerprint density at radius 1 is 1.25 bits per heavy atom. The summed E-state index contributed by atoms with van der Waals surface area (Å²) in [5, 5.41) is 20.7. The number of rotatable bonds is 3. The van der Waals surface area contributed by atoms with E-state index in [2.05, 4.69) is 0 Å². The summed E-state index contributed by atoms with van der Waals surface area (Å²) >= 11 is 0. The van der Waals surface area contributed by atoms with Crippen molar-refractivity contribution in [2.75, 3.05) is 5.73 Å². The van der Waals surface area contributed by atoms with Crippen LogP contribution in [0.2, 0.25) is 0 Å². The molecular weight excluding hydrogens is 260 g/mol. The van der Waals surface area contributed by atoms with E-state index < -0.39 is 27.1 Å². The van der Waals surface area contributed by atoms with E-state index in [1.54, 1.807) is 0 Å². The van der Waals surface area contributed by atoms with E-state index in [1.807, 2.05) is 27.7 Å². The SMILES string of the molecule is CC1(C)C(C)(C)C1(C(=O)O)c1cc([N+](=O)[O-])ccc1N. The van der Waals surface area contributed by atoms with Gasteiger partial charge in [-0.15, -0.1) is 0 Å². The summed E-state index contributed by atoms with van der Waals surface area (Å²) in [6, 6.07) is 3.99. The summed E-state index contributed by atoms with van der Waals surface area (Å²) in [4.78, 5) is 22.3. The molecule has 0 unspecified atom stereocenters. The predicted molar refractivity (Wildman–Crippen MR) is 74.4 cm³/mol. The molecule has 0 radical (unpaired) electrons. The Kier molecular flexibility index (Phi) is 2.66. The lowest BCUT2D eigenvalue weighted by atomic mass is 9.84. The van der Waals surface area contributed by atoms with Gasteiger partial charge < -0.3 is 10.8 Å². The number of aliphatic carboxylic acids is 1. The second-order valence-corrected chi connectivity index (χ2v) is 6.33. The number of nitrogen functional groups attached to an aromatic ring is 1. The minimum Gasteiger partial charge on any atom is -0.481 e. The molecule has 0 aliphatic heterocycles. The number of nitrogens with two attached hydrogens (primary N) is 1. The highest BCUT2D eigenvalue weighted by molar-refractivity contribution is 5.92. The van der Waals surface area contributed by atoms with Crippen LogP contribution in [0.3, 0.4) is 0 Å². The lowest BCUT2D eigenvalue weighted by molar-refractivity contribution is -0.384. The first-order valence-corrected chi connectivity index (χ1v) is 6.29. The molecule has 1 aromatic rings. The third-order valence-electron chi connectivity index (χ3n) is 5.35. The van der Waals surface area contributed by atoms with E-state index in [-0.39, 0.29) is 11.4 Å². The third-order valence-corrected chi connectivity index (χ3v) is 5.35. The van der Waals surface area contributed by atoms with Crippen molar-refractivity contribution in [1.82, 2.24) is 0 Å². The van der Waals surface area contributed by atoms with Gasteiger partial charge in [0.25, 0.3) is 5.69 Å². The van der Waals surface area contributed by atoms with Crippen molar-refractivity contribution in [3.63, 3.8) is 0 Å². The first kappa shape index (κ1) is 14.3. The van der Waals surface area contributed by atoms with E-state index in [9.17, 15) is 20.0 Å². The summed E-state index contributed by atoms with van der Waals surface area (Å²) in [6.45, 7) is 7.39. The second kappa shape index (κ2) is 3.71. The van der Waals surface area contributed by atoms with E-state index in [1.165, 1.54) is 18.2 Å². The zero-order valence-corrected chi connectivity index (χ0v) is 11.9. The van der Waals surface area contributed by atoms with Crippen molar-refractivity contribution < 1.29 is 14.8 Å². The number of nitro benzene ring substituents is 1. The lowest BCUT2D eigenvalue weighted by Crippen LogP contribution is -2.29.